The second-order valence-corrected chi connectivity index (χ2v) is 7.89. The molecule has 1 heterocycles. The Morgan fingerprint density at radius 2 is 1.00 bits per heavy atom. The average Bonchev–Trinajstić information content (AvgIpc) is 2.80. The highest BCUT2D eigenvalue weighted by Crippen LogP contribution is 2.46. The first-order valence-electron chi connectivity index (χ1n) is 10.5. The van der Waals surface area contributed by atoms with E-state index < -0.39 is 6.29 Å². The van der Waals surface area contributed by atoms with Crippen LogP contribution >= 0.6 is 0 Å². The summed E-state index contributed by atoms with van der Waals surface area (Å²) >= 11 is 0. The van der Waals surface area contributed by atoms with Crippen LogP contribution in [0.4, 0.5) is 0 Å². The number of fused-ring (bicyclic) bond motifs is 2. The smallest absolute Gasteiger partial charge is 0.252 e. The SMILES string of the molecule is Cc1ccc(OC(Oc2ccc(C)cc2)C2c3ccccc3Oc3ccccc32)cc1. The average molecular weight is 408 g/mol. The quantitative estimate of drug-likeness (QED) is 0.332. The molecule has 0 atom stereocenters. The molecular weight excluding hydrogens is 384 g/mol. The Morgan fingerprint density at radius 3 is 1.45 bits per heavy atom. The molecule has 31 heavy (non-hydrogen) atoms. The largest absolute Gasteiger partial charge is 0.457 e. The summed E-state index contributed by atoms with van der Waals surface area (Å²) in [6, 6.07) is 32.3. The van der Waals surface area contributed by atoms with Crippen molar-refractivity contribution in [2.24, 2.45) is 0 Å². The number of aryl methyl sites for hydroxylation is 2. The first kappa shape index (κ1) is 19.3. The number of hydrogen-bond acceptors (Lipinski definition) is 3. The third-order valence-corrected chi connectivity index (χ3v) is 5.55. The van der Waals surface area contributed by atoms with E-state index in [1.54, 1.807) is 0 Å². The number of hydrogen-bond donors (Lipinski definition) is 0. The van der Waals surface area contributed by atoms with Crippen molar-refractivity contribution in [1.29, 1.82) is 0 Å². The summed E-state index contributed by atoms with van der Waals surface area (Å²) < 4.78 is 19.1. The lowest BCUT2D eigenvalue weighted by Gasteiger charge is -2.34. The molecule has 0 amide bonds. The first-order chi connectivity index (χ1) is 15.2. The van der Waals surface area contributed by atoms with Crippen LogP contribution in [0.1, 0.15) is 28.2 Å². The van der Waals surface area contributed by atoms with E-state index in [4.69, 9.17) is 14.2 Å². The molecule has 0 aromatic heterocycles. The van der Waals surface area contributed by atoms with Crippen LogP contribution in [-0.4, -0.2) is 6.29 Å². The molecule has 0 N–H and O–H groups in total. The lowest BCUT2D eigenvalue weighted by Crippen LogP contribution is -2.34. The summed E-state index contributed by atoms with van der Waals surface area (Å²) in [4.78, 5) is 0. The highest BCUT2D eigenvalue weighted by Gasteiger charge is 2.36. The van der Waals surface area contributed by atoms with Crippen molar-refractivity contribution in [2.75, 3.05) is 0 Å². The van der Waals surface area contributed by atoms with Gasteiger partial charge in [0.15, 0.2) is 0 Å². The van der Waals surface area contributed by atoms with E-state index in [0.717, 1.165) is 34.1 Å². The van der Waals surface area contributed by atoms with Crippen LogP contribution in [0.3, 0.4) is 0 Å². The standard InChI is InChI=1S/C28H24O3/c1-19-11-15-21(16-12-19)29-28(30-22-17-13-20(2)14-18-22)27-23-7-3-5-9-25(23)31-26-10-6-4-8-24(26)27/h3-18,27-28H,1-2H3. The van der Waals surface area contributed by atoms with Gasteiger partial charge in [0.05, 0.1) is 5.92 Å². The molecule has 4 aromatic rings. The zero-order valence-electron chi connectivity index (χ0n) is 17.6. The fourth-order valence-corrected chi connectivity index (χ4v) is 3.90. The fraction of sp³-hybridized carbons (Fsp3) is 0.143. The van der Waals surface area contributed by atoms with Crippen molar-refractivity contribution in [3.05, 3.63) is 119 Å². The fourth-order valence-electron chi connectivity index (χ4n) is 3.90. The Kier molecular flexibility index (Phi) is 5.09. The van der Waals surface area contributed by atoms with Gasteiger partial charge in [0.2, 0.25) is 0 Å². The van der Waals surface area contributed by atoms with Gasteiger partial charge in [-0.05, 0) is 50.2 Å². The predicted octanol–water partition coefficient (Wildman–Crippen LogP) is 7.03. The van der Waals surface area contributed by atoms with E-state index in [1.165, 1.54) is 11.1 Å². The van der Waals surface area contributed by atoms with Crippen LogP contribution in [0.2, 0.25) is 0 Å². The van der Waals surface area contributed by atoms with E-state index in [9.17, 15) is 0 Å². The van der Waals surface area contributed by atoms with Gasteiger partial charge in [0.1, 0.15) is 23.0 Å². The van der Waals surface area contributed by atoms with Crippen LogP contribution in [0.15, 0.2) is 97.1 Å². The Labute approximate surface area is 182 Å². The Balaban J connectivity index is 1.60. The van der Waals surface area contributed by atoms with Crippen molar-refractivity contribution in [2.45, 2.75) is 26.1 Å². The highest BCUT2D eigenvalue weighted by molar-refractivity contribution is 5.54. The van der Waals surface area contributed by atoms with Crippen LogP contribution < -0.4 is 14.2 Å². The molecule has 0 spiro atoms. The molecule has 3 nitrogen and oxygen atoms in total. The molecule has 4 aromatic carbocycles. The number of para-hydroxylation sites is 2. The van der Waals surface area contributed by atoms with Crippen LogP contribution in [0.5, 0.6) is 23.0 Å². The molecule has 0 aliphatic carbocycles. The lowest BCUT2D eigenvalue weighted by molar-refractivity contribution is -0.00884. The van der Waals surface area contributed by atoms with Gasteiger partial charge < -0.3 is 14.2 Å². The van der Waals surface area contributed by atoms with Gasteiger partial charge in [0.25, 0.3) is 6.29 Å². The molecular formula is C28H24O3. The minimum Gasteiger partial charge on any atom is -0.457 e. The molecule has 0 fully saturated rings. The third-order valence-electron chi connectivity index (χ3n) is 5.55. The molecule has 0 saturated carbocycles. The second-order valence-electron chi connectivity index (χ2n) is 7.89. The van der Waals surface area contributed by atoms with Gasteiger partial charge in [-0.25, -0.2) is 0 Å². The normalized spacial score (nSPS) is 12.6. The maximum absolute atomic E-state index is 6.48. The Bertz CT molecular complexity index is 1090. The summed E-state index contributed by atoms with van der Waals surface area (Å²) in [5.41, 5.74) is 4.46. The monoisotopic (exact) mass is 408 g/mol. The zero-order valence-corrected chi connectivity index (χ0v) is 17.6. The number of rotatable bonds is 5. The lowest BCUT2D eigenvalue weighted by atomic mass is 9.87. The van der Waals surface area contributed by atoms with Gasteiger partial charge in [-0.15, -0.1) is 0 Å². The summed E-state index contributed by atoms with van der Waals surface area (Å²) in [6.07, 6.45) is -0.573. The van der Waals surface area contributed by atoms with Crippen molar-refractivity contribution in [3.8, 4) is 23.0 Å². The minimum absolute atomic E-state index is 0.149. The molecule has 5 rings (SSSR count). The zero-order chi connectivity index (χ0) is 21.2. The molecule has 0 radical (unpaired) electrons. The maximum atomic E-state index is 6.48. The topological polar surface area (TPSA) is 27.7 Å². The van der Waals surface area contributed by atoms with E-state index >= 15 is 0 Å². The van der Waals surface area contributed by atoms with E-state index in [2.05, 4.69) is 26.0 Å². The summed E-state index contributed by atoms with van der Waals surface area (Å²) in [6.45, 7) is 4.13. The van der Waals surface area contributed by atoms with Crippen molar-refractivity contribution < 1.29 is 14.2 Å². The molecule has 1 aliphatic heterocycles. The summed E-state index contributed by atoms with van der Waals surface area (Å²) in [5.74, 6) is 3.05. The van der Waals surface area contributed by atoms with Crippen LogP contribution in [0.25, 0.3) is 0 Å². The molecule has 154 valence electrons. The molecule has 0 unspecified atom stereocenters. The molecule has 1 aliphatic rings. The molecule has 0 saturated heterocycles. The van der Waals surface area contributed by atoms with Gasteiger partial charge in [-0.1, -0.05) is 71.8 Å². The Hall–Kier alpha value is -3.72. The van der Waals surface area contributed by atoms with E-state index in [0.29, 0.717) is 0 Å². The Morgan fingerprint density at radius 1 is 0.581 bits per heavy atom. The number of ether oxygens (including phenoxy) is 3. The van der Waals surface area contributed by atoms with Crippen molar-refractivity contribution in [1.82, 2.24) is 0 Å². The third kappa shape index (κ3) is 3.99. The van der Waals surface area contributed by atoms with Crippen molar-refractivity contribution in [3.63, 3.8) is 0 Å². The molecule has 3 heteroatoms. The number of benzene rings is 4. The van der Waals surface area contributed by atoms with E-state index in [1.807, 2.05) is 84.9 Å². The van der Waals surface area contributed by atoms with Gasteiger partial charge in [-0.3, -0.25) is 0 Å². The van der Waals surface area contributed by atoms with Crippen LogP contribution in [0, 0.1) is 13.8 Å². The van der Waals surface area contributed by atoms with Crippen LogP contribution in [-0.2, 0) is 0 Å². The first-order valence-corrected chi connectivity index (χ1v) is 10.5. The maximum Gasteiger partial charge on any atom is 0.252 e. The summed E-state index contributed by atoms with van der Waals surface area (Å²) in [5, 5.41) is 0. The van der Waals surface area contributed by atoms with E-state index in [-0.39, 0.29) is 5.92 Å². The second kappa shape index (κ2) is 8.19. The highest BCUT2D eigenvalue weighted by atomic mass is 16.7. The van der Waals surface area contributed by atoms with Gasteiger partial charge in [-0.2, -0.15) is 0 Å². The minimum atomic E-state index is -0.573. The van der Waals surface area contributed by atoms with Gasteiger partial charge in [0, 0.05) is 11.1 Å². The summed E-state index contributed by atoms with van der Waals surface area (Å²) in [7, 11) is 0. The van der Waals surface area contributed by atoms with Gasteiger partial charge >= 0.3 is 0 Å². The van der Waals surface area contributed by atoms with Crippen molar-refractivity contribution >= 4 is 0 Å². The molecule has 0 bridgehead atoms. The predicted molar refractivity (Wildman–Crippen MR) is 122 cm³/mol.